The minimum Gasteiger partial charge on any atom is -0.466 e. The average molecular weight is 315 g/mol. The second-order valence-electron chi connectivity index (χ2n) is 6.14. The third-order valence-electron chi connectivity index (χ3n) is 4.19. The Morgan fingerprint density at radius 3 is 2.52 bits per heavy atom. The highest BCUT2D eigenvalue weighted by atomic mass is 16.3. The molecule has 1 atom stereocenters. The first-order valence-electron chi connectivity index (χ1n) is 7.54. The molecular formula is C17H21N3O3. The third-order valence-corrected chi connectivity index (χ3v) is 4.19. The summed E-state index contributed by atoms with van der Waals surface area (Å²) >= 11 is 0. The van der Waals surface area contributed by atoms with Crippen molar-refractivity contribution >= 4 is 16.9 Å². The molecule has 0 radical (unpaired) electrons. The zero-order valence-electron chi connectivity index (χ0n) is 14.0. The lowest BCUT2D eigenvalue weighted by molar-refractivity contribution is 0.0699. The van der Waals surface area contributed by atoms with E-state index in [9.17, 15) is 5.11 Å². The Bertz CT molecular complexity index is 861. The molecule has 6 nitrogen and oxygen atoms in total. The van der Waals surface area contributed by atoms with Gasteiger partial charge in [0, 0.05) is 17.7 Å². The van der Waals surface area contributed by atoms with Crippen molar-refractivity contribution < 1.29 is 13.9 Å². The monoisotopic (exact) mass is 315 g/mol. The lowest BCUT2D eigenvalue weighted by Gasteiger charge is -2.23. The number of hydrogen-bond donors (Lipinski definition) is 2. The van der Waals surface area contributed by atoms with Crippen molar-refractivity contribution in [3.8, 4) is 0 Å². The van der Waals surface area contributed by atoms with Crippen molar-refractivity contribution in [3.63, 3.8) is 0 Å². The second kappa shape index (κ2) is 5.38. The van der Waals surface area contributed by atoms with E-state index in [1.54, 1.807) is 6.92 Å². The van der Waals surface area contributed by atoms with Crippen LogP contribution in [0.15, 0.2) is 21.2 Å². The Kier molecular flexibility index (Phi) is 3.64. The molecule has 0 saturated heterocycles. The SMILES string of the molecule is Cc1cc(C(C)(O)CNc2ncnc3oc(C)c(C)c23)c(C)o1. The number of nitrogens with zero attached hydrogens (tertiary/aromatic N) is 2. The van der Waals surface area contributed by atoms with Gasteiger partial charge in [-0.3, -0.25) is 0 Å². The number of aromatic nitrogens is 2. The van der Waals surface area contributed by atoms with Crippen LogP contribution < -0.4 is 5.32 Å². The number of nitrogens with one attached hydrogen (secondary N) is 1. The molecule has 3 aromatic rings. The standard InChI is InChI=1S/C17H21N3O3/c1-9-6-13(12(4)22-9)17(5,21)7-18-15-14-10(2)11(3)23-16(14)20-8-19-15/h6,8,21H,7H2,1-5H3,(H,18,19,20). The zero-order valence-corrected chi connectivity index (χ0v) is 14.0. The van der Waals surface area contributed by atoms with Gasteiger partial charge in [-0.25, -0.2) is 9.97 Å². The molecule has 1 unspecified atom stereocenters. The molecular weight excluding hydrogens is 294 g/mol. The van der Waals surface area contributed by atoms with Crippen LogP contribution in [0.5, 0.6) is 0 Å². The van der Waals surface area contributed by atoms with Crippen LogP contribution >= 0.6 is 0 Å². The first kappa shape index (κ1) is 15.6. The van der Waals surface area contributed by atoms with Gasteiger partial charge in [-0.15, -0.1) is 0 Å². The minimum atomic E-state index is -1.08. The predicted molar refractivity (Wildman–Crippen MR) is 87.5 cm³/mol. The molecule has 2 N–H and O–H groups in total. The fourth-order valence-corrected chi connectivity index (χ4v) is 2.83. The third kappa shape index (κ3) is 2.70. The van der Waals surface area contributed by atoms with Gasteiger partial charge in [0.15, 0.2) is 0 Å². The van der Waals surface area contributed by atoms with Crippen molar-refractivity contribution in [3.05, 3.63) is 40.8 Å². The summed E-state index contributed by atoms with van der Waals surface area (Å²) in [5.74, 6) is 2.97. The largest absolute Gasteiger partial charge is 0.466 e. The van der Waals surface area contributed by atoms with Crippen LogP contribution in [0.25, 0.3) is 11.1 Å². The fraction of sp³-hybridized carbons (Fsp3) is 0.412. The lowest BCUT2D eigenvalue weighted by atomic mass is 9.96. The van der Waals surface area contributed by atoms with Gasteiger partial charge in [0.05, 0.1) is 5.39 Å². The second-order valence-corrected chi connectivity index (χ2v) is 6.14. The van der Waals surface area contributed by atoms with E-state index >= 15 is 0 Å². The van der Waals surface area contributed by atoms with E-state index in [-0.39, 0.29) is 0 Å². The summed E-state index contributed by atoms with van der Waals surface area (Å²) in [6.45, 7) is 9.63. The Morgan fingerprint density at radius 2 is 1.87 bits per heavy atom. The molecule has 0 aliphatic carbocycles. The summed E-state index contributed by atoms with van der Waals surface area (Å²) in [5, 5.41) is 14.9. The average Bonchev–Trinajstić information content (AvgIpc) is 2.97. The van der Waals surface area contributed by atoms with Crippen molar-refractivity contribution in [1.29, 1.82) is 0 Å². The number of fused-ring (bicyclic) bond motifs is 1. The van der Waals surface area contributed by atoms with Crippen LogP contribution in [0.3, 0.4) is 0 Å². The summed E-state index contributed by atoms with van der Waals surface area (Å²) in [5.41, 5.74) is 1.24. The van der Waals surface area contributed by atoms with Gasteiger partial charge < -0.3 is 19.3 Å². The van der Waals surface area contributed by atoms with E-state index in [0.29, 0.717) is 18.1 Å². The number of rotatable bonds is 4. The van der Waals surface area contributed by atoms with E-state index in [1.807, 2.05) is 33.8 Å². The first-order valence-corrected chi connectivity index (χ1v) is 7.54. The highest BCUT2D eigenvalue weighted by molar-refractivity contribution is 5.89. The molecule has 3 aromatic heterocycles. The Hall–Kier alpha value is -2.34. The molecule has 0 aliphatic heterocycles. The van der Waals surface area contributed by atoms with Crippen molar-refractivity contribution in [2.45, 2.75) is 40.2 Å². The van der Waals surface area contributed by atoms with Crippen LogP contribution in [-0.4, -0.2) is 21.6 Å². The number of hydrogen-bond acceptors (Lipinski definition) is 6. The maximum Gasteiger partial charge on any atom is 0.231 e. The molecule has 0 saturated carbocycles. The van der Waals surface area contributed by atoms with Crippen LogP contribution in [0.4, 0.5) is 5.82 Å². The molecule has 122 valence electrons. The molecule has 6 heteroatoms. The van der Waals surface area contributed by atoms with Crippen LogP contribution in [0.2, 0.25) is 0 Å². The van der Waals surface area contributed by atoms with Crippen LogP contribution in [0, 0.1) is 27.7 Å². The summed E-state index contributed by atoms with van der Waals surface area (Å²) in [7, 11) is 0. The fourth-order valence-electron chi connectivity index (χ4n) is 2.83. The van der Waals surface area contributed by atoms with E-state index < -0.39 is 5.60 Å². The summed E-state index contributed by atoms with van der Waals surface area (Å²) in [4.78, 5) is 8.44. The van der Waals surface area contributed by atoms with Gasteiger partial charge in [0.1, 0.15) is 35.0 Å². The summed E-state index contributed by atoms with van der Waals surface area (Å²) in [6, 6.07) is 1.86. The molecule has 0 fully saturated rings. The van der Waals surface area contributed by atoms with E-state index in [4.69, 9.17) is 8.83 Å². The van der Waals surface area contributed by atoms with Gasteiger partial charge in [-0.1, -0.05) is 0 Å². The predicted octanol–water partition coefficient (Wildman–Crippen LogP) is 3.37. The quantitative estimate of drug-likeness (QED) is 0.768. The van der Waals surface area contributed by atoms with Crippen molar-refractivity contribution in [2.75, 3.05) is 11.9 Å². The smallest absolute Gasteiger partial charge is 0.231 e. The van der Waals surface area contributed by atoms with E-state index in [1.165, 1.54) is 6.33 Å². The summed E-state index contributed by atoms with van der Waals surface area (Å²) < 4.78 is 11.1. The normalized spacial score (nSPS) is 14.2. The Labute approximate surface area is 134 Å². The molecule has 23 heavy (non-hydrogen) atoms. The van der Waals surface area contributed by atoms with Gasteiger partial charge in [-0.05, 0) is 40.7 Å². The van der Waals surface area contributed by atoms with E-state index in [0.717, 1.165) is 33.8 Å². The minimum absolute atomic E-state index is 0.294. The molecule has 0 amide bonds. The number of aliphatic hydroxyl groups is 1. The molecule has 3 rings (SSSR count). The van der Waals surface area contributed by atoms with Crippen molar-refractivity contribution in [2.24, 2.45) is 0 Å². The number of aryl methyl sites for hydroxylation is 4. The van der Waals surface area contributed by atoms with Gasteiger partial charge in [-0.2, -0.15) is 0 Å². The number of anilines is 1. The molecule has 0 aromatic carbocycles. The zero-order chi connectivity index (χ0) is 16.8. The molecule has 0 bridgehead atoms. The highest BCUT2D eigenvalue weighted by Crippen LogP contribution is 2.30. The maximum absolute atomic E-state index is 10.8. The van der Waals surface area contributed by atoms with Gasteiger partial charge >= 0.3 is 0 Å². The number of furan rings is 2. The van der Waals surface area contributed by atoms with Gasteiger partial charge in [0.25, 0.3) is 0 Å². The Balaban J connectivity index is 1.90. The molecule has 0 spiro atoms. The Morgan fingerprint density at radius 1 is 1.13 bits per heavy atom. The molecule has 0 aliphatic rings. The van der Waals surface area contributed by atoms with Crippen LogP contribution in [-0.2, 0) is 5.60 Å². The summed E-state index contributed by atoms with van der Waals surface area (Å²) in [6.07, 6.45) is 1.45. The first-order chi connectivity index (χ1) is 10.8. The molecule has 3 heterocycles. The van der Waals surface area contributed by atoms with Crippen LogP contribution in [0.1, 0.15) is 35.3 Å². The highest BCUT2D eigenvalue weighted by Gasteiger charge is 2.28. The van der Waals surface area contributed by atoms with Crippen molar-refractivity contribution in [1.82, 2.24) is 9.97 Å². The lowest BCUT2D eigenvalue weighted by Crippen LogP contribution is -2.31. The topological polar surface area (TPSA) is 84.3 Å². The van der Waals surface area contributed by atoms with E-state index in [2.05, 4.69) is 15.3 Å². The maximum atomic E-state index is 10.8. The van der Waals surface area contributed by atoms with Gasteiger partial charge in [0.2, 0.25) is 5.71 Å².